The minimum Gasteiger partial charge on any atom is -0.497 e. The van der Waals surface area contributed by atoms with Crippen molar-refractivity contribution < 1.29 is 19.1 Å². The highest BCUT2D eigenvalue weighted by Crippen LogP contribution is 2.23. The lowest BCUT2D eigenvalue weighted by Gasteiger charge is -2.11. The summed E-state index contributed by atoms with van der Waals surface area (Å²) in [5.41, 5.74) is 2.51. The van der Waals surface area contributed by atoms with E-state index >= 15 is 0 Å². The molecule has 2 aromatic carbocycles. The number of carbonyl (C=O) groups excluding carboxylic acids is 2. The lowest BCUT2D eigenvalue weighted by Crippen LogP contribution is -2.19. The average molecular weight is 431 g/mol. The van der Waals surface area contributed by atoms with E-state index in [9.17, 15) is 14.4 Å². The van der Waals surface area contributed by atoms with Crippen molar-refractivity contribution in [2.24, 2.45) is 0 Å². The molecule has 8 heteroatoms. The van der Waals surface area contributed by atoms with Crippen LogP contribution in [0, 0.1) is 13.8 Å². The number of aryl methyl sites for hydroxylation is 1. The predicted molar refractivity (Wildman–Crippen MR) is 119 cm³/mol. The fourth-order valence-electron chi connectivity index (χ4n) is 3.72. The van der Waals surface area contributed by atoms with Crippen LogP contribution >= 0.6 is 0 Å². The van der Waals surface area contributed by atoms with Crippen molar-refractivity contribution >= 4 is 22.5 Å². The Labute approximate surface area is 183 Å². The molecule has 0 fully saturated rings. The number of ketones is 1. The Balaban J connectivity index is 1.55. The first kappa shape index (κ1) is 21.0. The van der Waals surface area contributed by atoms with Crippen LogP contribution in [0.2, 0.25) is 0 Å². The molecule has 1 N–H and O–H groups in total. The third-order valence-corrected chi connectivity index (χ3v) is 5.29. The molecule has 0 bridgehead atoms. The van der Waals surface area contributed by atoms with Gasteiger partial charge in [0.2, 0.25) is 5.78 Å². The first-order chi connectivity index (χ1) is 15.4. The molecule has 0 spiro atoms. The summed E-state index contributed by atoms with van der Waals surface area (Å²) in [5, 5.41) is 6.78. The van der Waals surface area contributed by atoms with E-state index in [0.717, 1.165) is 22.8 Å². The number of fused-ring (bicyclic) bond motifs is 1. The van der Waals surface area contributed by atoms with E-state index in [2.05, 4.69) is 10.2 Å². The number of hydrogen-bond acceptors (Lipinski definition) is 6. The number of esters is 1. The van der Waals surface area contributed by atoms with Gasteiger partial charge in [-0.15, -0.1) is 0 Å². The second kappa shape index (κ2) is 8.50. The molecule has 0 radical (unpaired) electrons. The summed E-state index contributed by atoms with van der Waals surface area (Å²) in [4.78, 5) is 37.3. The molecule has 0 aliphatic carbocycles. The Bertz CT molecular complexity index is 1380. The number of Topliss-reactive ketones (excluding diaryl/α,β-unsaturated/α-hetero) is 1. The smallest absolute Gasteiger partial charge is 0.359 e. The molecule has 0 atom stereocenters. The van der Waals surface area contributed by atoms with E-state index in [1.54, 1.807) is 37.4 Å². The van der Waals surface area contributed by atoms with E-state index in [4.69, 9.17) is 9.47 Å². The minimum absolute atomic E-state index is 0.0447. The number of H-pyrrole nitrogens is 1. The van der Waals surface area contributed by atoms with Crippen molar-refractivity contribution in [3.8, 4) is 11.4 Å². The van der Waals surface area contributed by atoms with Gasteiger partial charge >= 0.3 is 5.97 Å². The summed E-state index contributed by atoms with van der Waals surface area (Å²) in [6.45, 7) is 3.29. The van der Waals surface area contributed by atoms with Gasteiger partial charge in [0, 0.05) is 28.0 Å². The average Bonchev–Trinajstić information content (AvgIpc) is 3.11. The summed E-state index contributed by atoms with van der Waals surface area (Å²) >= 11 is 0. The molecule has 0 amide bonds. The number of nitrogens with zero attached hydrogens (tertiary/aromatic N) is 2. The Hall–Kier alpha value is -4.20. The number of benzene rings is 2. The summed E-state index contributed by atoms with van der Waals surface area (Å²) in [6.07, 6.45) is 0. The number of aromatic nitrogens is 3. The van der Waals surface area contributed by atoms with E-state index in [-0.39, 0.29) is 11.5 Å². The molecular weight excluding hydrogens is 410 g/mol. The molecular formula is C24H21N3O5. The summed E-state index contributed by atoms with van der Waals surface area (Å²) in [6, 6.07) is 15.8. The van der Waals surface area contributed by atoms with Gasteiger partial charge in [0.25, 0.3) is 5.56 Å². The predicted octanol–water partition coefficient (Wildman–Crippen LogP) is 3.38. The SMILES string of the molecule is COc1ccc(-n2c(C)cc(C(=O)COC(=O)c3n[nH]c(=O)c4ccccc34)c2C)cc1. The van der Waals surface area contributed by atoms with Crippen molar-refractivity contribution in [1.82, 2.24) is 14.8 Å². The summed E-state index contributed by atoms with van der Waals surface area (Å²) in [5.74, 6) is -0.377. The Kier molecular flexibility index (Phi) is 5.59. The van der Waals surface area contributed by atoms with Gasteiger partial charge in [0.1, 0.15) is 5.75 Å². The first-order valence-corrected chi connectivity index (χ1v) is 9.92. The molecule has 0 saturated carbocycles. The van der Waals surface area contributed by atoms with Gasteiger partial charge in [-0.1, -0.05) is 18.2 Å². The molecule has 0 saturated heterocycles. The number of carbonyl (C=O) groups is 2. The van der Waals surface area contributed by atoms with Gasteiger partial charge in [0.05, 0.1) is 12.5 Å². The molecule has 8 nitrogen and oxygen atoms in total. The maximum Gasteiger partial charge on any atom is 0.359 e. The second-order valence-corrected chi connectivity index (χ2v) is 7.26. The number of nitrogens with one attached hydrogen (secondary N) is 1. The second-order valence-electron chi connectivity index (χ2n) is 7.26. The first-order valence-electron chi connectivity index (χ1n) is 9.92. The topological polar surface area (TPSA) is 103 Å². The zero-order chi connectivity index (χ0) is 22.8. The molecule has 2 heterocycles. The van der Waals surface area contributed by atoms with Crippen LogP contribution in [-0.2, 0) is 4.74 Å². The molecule has 0 unspecified atom stereocenters. The van der Waals surface area contributed by atoms with E-state index < -0.39 is 18.1 Å². The third kappa shape index (κ3) is 3.78. The number of rotatable bonds is 6. The normalized spacial score (nSPS) is 10.8. The lowest BCUT2D eigenvalue weighted by atomic mass is 10.1. The molecule has 32 heavy (non-hydrogen) atoms. The van der Waals surface area contributed by atoms with Crippen LogP contribution in [0.1, 0.15) is 32.2 Å². The van der Waals surface area contributed by atoms with Crippen LogP contribution in [0.25, 0.3) is 16.5 Å². The van der Waals surface area contributed by atoms with Crippen LogP contribution in [-0.4, -0.2) is 40.2 Å². The fourth-order valence-corrected chi connectivity index (χ4v) is 3.72. The van der Waals surface area contributed by atoms with Gasteiger partial charge in [-0.2, -0.15) is 5.10 Å². The largest absolute Gasteiger partial charge is 0.497 e. The van der Waals surface area contributed by atoms with E-state index in [0.29, 0.717) is 16.3 Å². The minimum atomic E-state index is -0.783. The van der Waals surface area contributed by atoms with Crippen molar-refractivity contribution in [2.75, 3.05) is 13.7 Å². The van der Waals surface area contributed by atoms with Crippen molar-refractivity contribution in [3.05, 3.63) is 87.6 Å². The van der Waals surface area contributed by atoms with Gasteiger partial charge in [0.15, 0.2) is 12.3 Å². The quantitative estimate of drug-likeness (QED) is 0.371. The lowest BCUT2D eigenvalue weighted by molar-refractivity contribution is 0.0469. The van der Waals surface area contributed by atoms with Crippen LogP contribution in [0.4, 0.5) is 0 Å². The molecule has 4 aromatic rings. The molecule has 2 aromatic heterocycles. The van der Waals surface area contributed by atoms with Crippen molar-refractivity contribution in [2.45, 2.75) is 13.8 Å². The maximum absolute atomic E-state index is 12.8. The summed E-state index contributed by atoms with van der Waals surface area (Å²) < 4.78 is 12.4. The maximum atomic E-state index is 12.8. The zero-order valence-electron chi connectivity index (χ0n) is 17.8. The summed E-state index contributed by atoms with van der Waals surface area (Å²) in [7, 11) is 1.60. The number of aromatic amines is 1. The number of methoxy groups -OCH3 is 1. The van der Waals surface area contributed by atoms with Crippen molar-refractivity contribution in [1.29, 1.82) is 0 Å². The molecule has 162 valence electrons. The molecule has 4 rings (SSSR count). The highest BCUT2D eigenvalue weighted by molar-refractivity contribution is 6.04. The highest BCUT2D eigenvalue weighted by atomic mass is 16.5. The van der Waals surface area contributed by atoms with Crippen LogP contribution in [0.5, 0.6) is 5.75 Å². The number of hydrogen-bond donors (Lipinski definition) is 1. The third-order valence-electron chi connectivity index (χ3n) is 5.29. The van der Waals surface area contributed by atoms with Crippen molar-refractivity contribution in [3.63, 3.8) is 0 Å². The van der Waals surface area contributed by atoms with Gasteiger partial charge in [-0.05, 0) is 50.2 Å². The van der Waals surface area contributed by atoms with Crippen LogP contribution in [0.3, 0.4) is 0 Å². The van der Waals surface area contributed by atoms with Gasteiger partial charge in [-0.25, -0.2) is 9.89 Å². The highest BCUT2D eigenvalue weighted by Gasteiger charge is 2.20. The van der Waals surface area contributed by atoms with Gasteiger partial charge < -0.3 is 14.0 Å². The standard InChI is InChI=1S/C24H21N3O5/c1-14-12-20(15(2)27(14)16-8-10-17(31-3)11-9-16)21(28)13-32-24(30)22-18-6-4-5-7-19(18)23(29)26-25-22/h4-12H,13H2,1-3H3,(H,26,29). The zero-order valence-corrected chi connectivity index (χ0v) is 17.8. The molecule has 0 aliphatic rings. The van der Waals surface area contributed by atoms with Crippen LogP contribution in [0.15, 0.2) is 59.4 Å². The Morgan fingerprint density at radius 2 is 1.72 bits per heavy atom. The number of ether oxygens (including phenoxy) is 2. The Morgan fingerprint density at radius 3 is 2.41 bits per heavy atom. The van der Waals surface area contributed by atoms with Crippen LogP contribution < -0.4 is 10.3 Å². The Morgan fingerprint density at radius 1 is 1.03 bits per heavy atom. The fraction of sp³-hybridized carbons (Fsp3) is 0.167. The van der Waals surface area contributed by atoms with Gasteiger partial charge in [-0.3, -0.25) is 9.59 Å². The van der Waals surface area contributed by atoms with E-state index in [1.165, 1.54) is 0 Å². The van der Waals surface area contributed by atoms with E-state index in [1.807, 2.05) is 42.7 Å². The molecule has 0 aliphatic heterocycles. The monoisotopic (exact) mass is 431 g/mol.